The first-order valence-corrected chi connectivity index (χ1v) is 12.3. The third-order valence-electron chi connectivity index (χ3n) is 6.72. The normalized spacial score (nSPS) is 27.5. The number of nitrogens with one attached hydrogen (secondary N) is 3. The second-order valence-electron chi connectivity index (χ2n) is 8.98. The summed E-state index contributed by atoms with van der Waals surface area (Å²) in [5.41, 5.74) is 0. The van der Waals surface area contributed by atoms with Gasteiger partial charge < -0.3 is 19.9 Å². The minimum absolute atomic E-state index is 0.0955. The summed E-state index contributed by atoms with van der Waals surface area (Å²) in [4.78, 5) is 40.3. The lowest BCUT2D eigenvalue weighted by molar-refractivity contribution is 0.0800. The van der Waals surface area contributed by atoms with E-state index in [0.29, 0.717) is 35.8 Å². The molecule has 4 heterocycles. The van der Waals surface area contributed by atoms with E-state index in [4.69, 9.17) is 4.74 Å². The number of carbonyl (C=O) groups excluding carboxylic acids is 2. The summed E-state index contributed by atoms with van der Waals surface area (Å²) in [5.74, 6) is 0.922. The number of piperidine rings is 2. The third kappa shape index (κ3) is 5.27. The average Bonchev–Trinajstić information content (AvgIpc) is 3.56. The van der Waals surface area contributed by atoms with Gasteiger partial charge in [-0.15, -0.1) is 0 Å². The lowest BCUT2D eigenvalue weighted by Gasteiger charge is -2.39. The number of nitrogens with zero attached hydrogens (tertiary/aromatic N) is 5. The van der Waals surface area contributed by atoms with Gasteiger partial charge in [-0.25, -0.2) is 23.9 Å². The molecular formula is C21H26F2N8O3S. The van der Waals surface area contributed by atoms with E-state index in [1.807, 2.05) is 0 Å². The fourth-order valence-corrected chi connectivity index (χ4v) is 5.40. The number of anilines is 3. The van der Waals surface area contributed by atoms with Crippen LogP contribution < -0.4 is 20.9 Å². The van der Waals surface area contributed by atoms with Crippen molar-refractivity contribution < 1.29 is 23.1 Å². The number of carbonyl (C=O) groups is 2. The maximum Gasteiger partial charge on any atom is 0.413 e. The molecule has 0 aromatic carbocycles. The van der Waals surface area contributed by atoms with Crippen molar-refractivity contribution in [3.05, 3.63) is 23.6 Å². The summed E-state index contributed by atoms with van der Waals surface area (Å²) in [6, 6.07) is 0.589. The van der Waals surface area contributed by atoms with E-state index in [2.05, 4.69) is 30.9 Å². The van der Waals surface area contributed by atoms with Gasteiger partial charge in [-0.3, -0.25) is 10.6 Å². The third-order valence-corrected chi connectivity index (χ3v) is 7.42. The van der Waals surface area contributed by atoms with Crippen molar-refractivity contribution in [2.75, 3.05) is 42.2 Å². The van der Waals surface area contributed by atoms with Crippen LogP contribution >= 0.6 is 11.3 Å². The molecule has 2 aromatic rings. The monoisotopic (exact) mass is 508 g/mol. The summed E-state index contributed by atoms with van der Waals surface area (Å²) in [6.07, 6.45) is 2.57. The van der Waals surface area contributed by atoms with Gasteiger partial charge in [-0.2, -0.15) is 9.37 Å². The Hall–Kier alpha value is -3.13. The quantitative estimate of drug-likeness (QED) is 0.563. The molecule has 2 bridgehead atoms. The minimum atomic E-state index is -1.26. The number of rotatable bonds is 5. The average molecular weight is 509 g/mol. The second kappa shape index (κ2) is 9.85. The SMILES string of the molecule is CN(C(=O)Nc1ncc(F)s1)[C@H]1CN(c2nccc(NC(=O)O[C@H]3C[C@H]4C[C@@H]3CN4)n2)CC[C@H]1F. The predicted octanol–water partition coefficient (Wildman–Crippen LogP) is 2.45. The number of amides is 3. The number of hydrogen-bond donors (Lipinski definition) is 3. The topological polar surface area (TPSA) is 125 Å². The van der Waals surface area contributed by atoms with Crippen LogP contribution in [0.2, 0.25) is 0 Å². The van der Waals surface area contributed by atoms with Crippen LogP contribution in [-0.2, 0) is 4.74 Å². The molecule has 3 fully saturated rings. The molecule has 5 rings (SSSR count). The predicted molar refractivity (Wildman–Crippen MR) is 125 cm³/mol. The van der Waals surface area contributed by atoms with Gasteiger partial charge >= 0.3 is 12.1 Å². The van der Waals surface area contributed by atoms with Crippen molar-refractivity contribution in [3.8, 4) is 0 Å². The van der Waals surface area contributed by atoms with E-state index in [9.17, 15) is 18.4 Å². The molecule has 1 saturated carbocycles. The molecule has 188 valence electrons. The van der Waals surface area contributed by atoms with Crippen molar-refractivity contribution in [1.82, 2.24) is 25.2 Å². The van der Waals surface area contributed by atoms with Crippen LogP contribution in [0.3, 0.4) is 0 Å². The van der Waals surface area contributed by atoms with Gasteiger partial charge in [0.2, 0.25) is 5.95 Å². The number of likely N-dealkylation sites (N-methyl/N-ethyl adjacent to an activating group) is 1. The Morgan fingerprint density at radius 3 is 2.89 bits per heavy atom. The molecule has 3 amide bonds. The Kier molecular flexibility index (Phi) is 6.65. The summed E-state index contributed by atoms with van der Waals surface area (Å²) < 4.78 is 33.5. The fraction of sp³-hybridized carbons (Fsp3) is 0.571. The highest BCUT2D eigenvalue weighted by Gasteiger charge is 2.41. The van der Waals surface area contributed by atoms with Crippen LogP contribution in [0.5, 0.6) is 0 Å². The van der Waals surface area contributed by atoms with Crippen molar-refractivity contribution >= 4 is 40.4 Å². The molecule has 1 aliphatic carbocycles. The highest BCUT2D eigenvalue weighted by molar-refractivity contribution is 7.14. The molecule has 3 N–H and O–H groups in total. The van der Waals surface area contributed by atoms with Gasteiger partial charge in [0, 0.05) is 51.3 Å². The molecule has 2 aliphatic heterocycles. The molecule has 11 nitrogen and oxygen atoms in total. The smallest absolute Gasteiger partial charge is 0.413 e. The van der Waals surface area contributed by atoms with Gasteiger partial charge in [-0.05, 0) is 18.9 Å². The van der Waals surface area contributed by atoms with Gasteiger partial charge in [0.1, 0.15) is 18.1 Å². The minimum Gasteiger partial charge on any atom is -0.446 e. The molecule has 0 radical (unpaired) electrons. The lowest BCUT2D eigenvalue weighted by atomic mass is 10.0. The van der Waals surface area contributed by atoms with Crippen LogP contribution in [-0.4, -0.2) is 83.0 Å². The largest absolute Gasteiger partial charge is 0.446 e. The van der Waals surface area contributed by atoms with Crippen LogP contribution in [0.1, 0.15) is 19.3 Å². The van der Waals surface area contributed by atoms with E-state index >= 15 is 0 Å². The number of fused-ring (bicyclic) bond motifs is 2. The molecule has 0 unspecified atom stereocenters. The zero-order valence-corrected chi connectivity index (χ0v) is 19.8. The van der Waals surface area contributed by atoms with Gasteiger partial charge in [0.05, 0.1) is 12.2 Å². The molecule has 35 heavy (non-hydrogen) atoms. The number of hydrogen-bond acceptors (Lipinski definition) is 9. The van der Waals surface area contributed by atoms with Crippen molar-refractivity contribution in [3.63, 3.8) is 0 Å². The van der Waals surface area contributed by atoms with E-state index in [0.717, 1.165) is 25.6 Å². The van der Waals surface area contributed by atoms with Crippen LogP contribution in [0.25, 0.3) is 0 Å². The zero-order chi connectivity index (χ0) is 24.5. The number of halogens is 2. The molecule has 14 heteroatoms. The molecule has 3 aliphatic rings. The highest BCUT2D eigenvalue weighted by atomic mass is 32.1. The van der Waals surface area contributed by atoms with Crippen LogP contribution in [0.4, 0.5) is 35.3 Å². The van der Waals surface area contributed by atoms with Gasteiger partial charge in [0.15, 0.2) is 10.3 Å². The van der Waals surface area contributed by atoms with E-state index in [1.54, 1.807) is 11.0 Å². The first-order valence-electron chi connectivity index (χ1n) is 11.4. The van der Waals surface area contributed by atoms with Gasteiger partial charge in [0.25, 0.3) is 0 Å². The standard InChI is InChI=1S/C21H26F2N8O3S/c1-30(20(32)29-19-26-9-16(23)35-19)14-10-31(5-3-13(14)22)18-24-4-2-17(27-18)28-21(33)34-15-7-12-6-11(15)8-25-12/h2,4,9,11-15,25H,3,5-8,10H2,1H3,(H,26,29,32)(H,24,27,28,33)/t11-,12-,13-,14+,15+/m1/s1. The Morgan fingerprint density at radius 2 is 2.17 bits per heavy atom. The Balaban J connectivity index is 1.19. The molecule has 2 saturated heterocycles. The molecule has 5 atom stereocenters. The fourth-order valence-electron chi connectivity index (χ4n) is 4.86. The van der Waals surface area contributed by atoms with E-state index in [1.165, 1.54) is 18.1 Å². The zero-order valence-electron chi connectivity index (χ0n) is 19.0. The number of alkyl halides is 1. The van der Waals surface area contributed by atoms with Crippen molar-refractivity contribution in [1.29, 1.82) is 0 Å². The molecular weight excluding hydrogens is 482 g/mol. The number of aromatic nitrogens is 3. The van der Waals surface area contributed by atoms with Crippen LogP contribution in [0.15, 0.2) is 18.5 Å². The summed E-state index contributed by atoms with van der Waals surface area (Å²) in [7, 11) is 1.47. The molecule has 0 spiro atoms. The summed E-state index contributed by atoms with van der Waals surface area (Å²) in [6.45, 7) is 1.35. The second-order valence-corrected chi connectivity index (χ2v) is 9.96. The summed E-state index contributed by atoms with van der Waals surface area (Å²) >= 11 is 0.689. The van der Waals surface area contributed by atoms with Gasteiger partial charge in [-0.1, -0.05) is 11.3 Å². The maximum absolute atomic E-state index is 14.8. The van der Waals surface area contributed by atoms with E-state index in [-0.39, 0.29) is 30.0 Å². The van der Waals surface area contributed by atoms with Crippen LogP contribution in [0, 0.1) is 11.0 Å². The summed E-state index contributed by atoms with van der Waals surface area (Å²) in [5, 5.41) is 8.07. The number of thiazole rings is 1. The number of ether oxygens (including phenoxy) is 1. The van der Waals surface area contributed by atoms with Crippen molar-refractivity contribution in [2.24, 2.45) is 5.92 Å². The first-order chi connectivity index (χ1) is 16.9. The number of urea groups is 1. The lowest BCUT2D eigenvalue weighted by Crippen LogP contribution is -2.55. The molecule has 2 aromatic heterocycles. The highest BCUT2D eigenvalue weighted by Crippen LogP contribution is 2.33. The first kappa shape index (κ1) is 23.6. The Labute approximate surface area is 204 Å². The van der Waals surface area contributed by atoms with Crippen molar-refractivity contribution in [2.45, 2.75) is 43.6 Å². The maximum atomic E-state index is 14.8. The van der Waals surface area contributed by atoms with E-state index < -0.39 is 29.5 Å². The Bertz CT molecular complexity index is 1090. The Morgan fingerprint density at radius 1 is 1.31 bits per heavy atom.